The minimum Gasteiger partial charge on any atom is -0.319 e. The number of hydrogen-bond donors (Lipinski definition) is 1. The highest BCUT2D eigenvalue weighted by Gasteiger charge is 2.30. The smallest absolute Gasteiger partial charge is 0.0387 e. The van der Waals surface area contributed by atoms with Gasteiger partial charge in [0, 0.05) is 6.04 Å². The van der Waals surface area contributed by atoms with Crippen LogP contribution in [0.4, 0.5) is 0 Å². The fourth-order valence-corrected chi connectivity index (χ4v) is 3.38. The maximum atomic E-state index is 3.36. The van der Waals surface area contributed by atoms with Crippen molar-refractivity contribution in [3.63, 3.8) is 0 Å². The van der Waals surface area contributed by atoms with Gasteiger partial charge in [0.15, 0.2) is 0 Å². The Morgan fingerprint density at radius 1 is 1.33 bits per heavy atom. The van der Waals surface area contributed by atoms with Crippen LogP contribution in [-0.2, 0) is 0 Å². The Morgan fingerprint density at radius 2 is 2.11 bits per heavy atom. The quantitative estimate of drug-likeness (QED) is 0.882. The number of nitrogens with zero attached hydrogens (tertiary/aromatic N) is 1. The molecule has 0 radical (unpaired) electrons. The van der Waals surface area contributed by atoms with Crippen LogP contribution in [-0.4, -0.2) is 32.1 Å². The molecule has 2 nitrogen and oxygen atoms in total. The Labute approximate surface area is 111 Å². The lowest BCUT2D eigenvalue weighted by Crippen LogP contribution is -2.40. The topological polar surface area (TPSA) is 15.3 Å². The van der Waals surface area contributed by atoms with Crippen LogP contribution in [0.15, 0.2) is 18.2 Å². The molecule has 1 aliphatic heterocycles. The van der Waals surface area contributed by atoms with Gasteiger partial charge in [-0.1, -0.05) is 23.8 Å². The van der Waals surface area contributed by atoms with Crippen molar-refractivity contribution in [1.82, 2.24) is 10.2 Å². The molecule has 0 amide bonds. The summed E-state index contributed by atoms with van der Waals surface area (Å²) in [4.78, 5) is 2.53. The molecule has 1 N–H and O–H groups in total. The molecule has 1 saturated heterocycles. The van der Waals surface area contributed by atoms with E-state index in [2.05, 4.69) is 56.4 Å². The first-order valence-corrected chi connectivity index (χ1v) is 7.05. The maximum absolute atomic E-state index is 3.36. The lowest BCUT2D eigenvalue weighted by Gasteiger charge is -2.40. The summed E-state index contributed by atoms with van der Waals surface area (Å²) in [5.41, 5.74) is 4.32. The second-order valence-corrected chi connectivity index (χ2v) is 5.75. The maximum Gasteiger partial charge on any atom is 0.0387 e. The third kappa shape index (κ3) is 2.76. The van der Waals surface area contributed by atoms with E-state index in [-0.39, 0.29) is 0 Å². The molecule has 1 aromatic rings. The van der Waals surface area contributed by atoms with Crippen molar-refractivity contribution < 1.29 is 0 Å². The summed E-state index contributed by atoms with van der Waals surface area (Å²) >= 11 is 0. The molecule has 0 aromatic heterocycles. The van der Waals surface area contributed by atoms with Crippen molar-refractivity contribution in [2.45, 2.75) is 32.7 Å². The molecule has 1 fully saturated rings. The Kier molecular flexibility index (Phi) is 4.41. The number of benzene rings is 1. The van der Waals surface area contributed by atoms with E-state index in [9.17, 15) is 0 Å². The van der Waals surface area contributed by atoms with Crippen LogP contribution in [0.1, 0.15) is 35.6 Å². The van der Waals surface area contributed by atoms with Crippen molar-refractivity contribution in [2.24, 2.45) is 5.92 Å². The Bertz CT molecular complexity index is 398. The van der Waals surface area contributed by atoms with Crippen LogP contribution in [0.3, 0.4) is 0 Å². The van der Waals surface area contributed by atoms with Gasteiger partial charge in [-0.2, -0.15) is 0 Å². The monoisotopic (exact) mass is 246 g/mol. The molecule has 2 unspecified atom stereocenters. The largest absolute Gasteiger partial charge is 0.319 e. The fraction of sp³-hybridized carbons (Fsp3) is 0.625. The highest BCUT2D eigenvalue weighted by Crippen LogP contribution is 2.36. The molecule has 0 saturated carbocycles. The summed E-state index contributed by atoms with van der Waals surface area (Å²) in [6.45, 7) is 6.76. The van der Waals surface area contributed by atoms with Crippen LogP contribution in [0, 0.1) is 19.8 Å². The lowest BCUT2D eigenvalue weighted by molar-refractivity contribution is 0.120. The van der Waals surface area contributed by atoms with Crippen LogP contribution in [0.25, 0.3) is 0 Å². The molecule has 2 heteroatoms. The molecule has 18 heavy (non-hydrogen) atoms. The molecule has 2 atom stereocenters. The summed E-state index contributed by atoms with van der Waals surface area (Å²) in [6.07, 6.45) is 2.66. The molecular weight excluding hydrogens is 220 g/mol. The predicted molar refractivity (Wildman–Crippen MR) is 77.9 cm³/mol. The fourth-order valence-electron chi connectivity index (χ4n) is 3.38. The average Bonchev–Trinajstić information content (AvgIpc) is 2.31. The van der Waals surface area contributed by atoms with Crippen molar-refractivity contribution in [2.75, 3.05) is 27.2 Å². The van der Waals surface area contributed by atoms with Crippen molar-refractivity contribution in [3.8, 4) is 0 Å². The minimum atomic E-state index is 0.576. The van der Waals surface area contributed by atoms with Gasteiger partial charge in [-0.25, -0.2) is 0 Å². The summed E-state index contributed by atoms with van der Waals surface area (Å²) in [7, 11) is 4.33. The number of rotatable bonds is 3. The number of piperidine rings is 1. The highest BCUT2D eigenvalue weighted by molar-refractivity contribution is 5.33. The van der Waals surface area contributed by atoms with Crippen molar-refractivity contribution in [3.05, 3.63) is 34.9 Å². The minimum absolute atomic E-state index is 0.576. The molecule has 2 rings (SSSR count). The predicted octanol–water partition coefficient (Wildman–Crippen LogP) is 2.91. The average molecular weight is 246 g/mol. The Hall–Kier alpha value is -0.860. The first kappa shape index (κ1) is 13.6. The normalized spacial score (nSPS) is 25.3. The summed E-state index contributed by atoms with van der Waals surface area (Å²) in [6, 6.07) is 7.47. The van der Waals surface area contributed by atoms with Crippen LogP contribution >= 0.6 is 0 Å². The Morgan fingerprint density at radius 3 is 2.78 bits per heavy atom. The molecule has 1 aliphatic rings. The molecule has 100 valence electrons. The first-order valence-electron chi connectivity index (χ1n) is 7.05. The van der Waals surface area contributed by atoms with Crippen LogP contribution in [0.5, 0.6) is 0 Å². The lowest BCUT2D eigenvalue weighted by atomic mass is 9.83. The van der Waals surface area contributed by atoms with E-state index >= 15 is 0 Å². The van der Waals surface area contributed by atoms with E-state index in [1.54, 1.807) is 0 Å². The highest BCUT2D eigenvalue weighted by atomic mass is 15.1. The molecule has 1 aromatic carbocycles. The third-order valence-corrected chi connectivity index (χ3v) is 4.22. The summed E-state index contributed by atoms with van der Waals surface area (Å²) in [5, 5.41) is 3.36. The van der Waals surface area contributed by atoms with Gasteiger partial charge in [0.2, 0.25) is 0 Å². The molecular formula is C16H26N2. The van der Waals surface area contributed by atoms with E-state index in [1.165, 1.54) is 36.1 Å². The third-order valence-electron chi connectivity index (χ3n) is 4.22. The first-order chi connectivity index (χ1) is 8.63. The molecule has 0 spiro atoms. The van der Waals surface area contributed by atoms with Gasteiger partial charge in [-0.15, -0.1) is 0 Å². The number of likely N-dealkylation sites (tertiary alicyclic amines) is 1. The standard InChI is InChI=1S/C16H26N2/c1-12-7-8-15(13(2)10-12)16-14(11-17-3)6-5-9-18(16)4/h7-8,10,14,16-17H,5-6,9,11H2,1-4H3. The van der Waals surface area contributed by atoms with E-state index < -0.39 is 0 Å². The molecule has 0 bridgehead atoms. The second-order valence-electron chi connectivity index (χ2n) is 5.75. The molecule has 0 aliphatic carbocycles. The van der Waals surface area contributed by atoms with Crippen molar-refractivity contribution in [1.29, 1.82) is 0 Å². The van der Waals surface area contributed by atoms with E-state index in [0.29, 0.717) is 6.04 Å². The summed E-state index contributed by atoms with van der Waals surface area (Å²) in [5.74, 6) is 0.732. The second kappa shape index (κ2) is 5.85. The van der Waals surface area contributed by atoms with Crippen LogP contribution < -0.4 is 5.32 Å². The number of aryl methyl sites for hydroxylation is 2. The SMILES string of the molecule is CNCC1CCCN(C)C1c1ccc(C)cc1C. The van der Waals surface area contributed by atoms with E-state index in [0.717, 1.165) is 12.5 Å². The van der Waals surface area contributed by atoms with Gasteiger partial charge in [0.25, 0.3) is 0 Å². The Balaban J connectivity index is 2.31. The van der Waals surface area contributed by atoms with Gasteiger partial charge in [-0.05, 0) is 70.9 Å². The van der Waals surface area contributed by atoms with Crippen LogP contribution in [0.2, 0.25) is 0 Å². The van der Waals surface area contributed by atoms with Gasteiger partial charge >= 0.3 is 0 Å². The number of hydrogen-bond acceptors (Lipinski definition) is 2. The molecule has 1 heterocycles. The van der Waals surface area contributed by atoms with Gasteiger partial charge in [0.1, 0.15) is 0 Å². The van der Waals surface area contributed by atoms with E-state index in [4.69, 9.17) is 0 Å². The summed E-state index contributed by atoms with van der Waals surface area (Å²) < 4.78 is 0. The zero-order chi connectivity index (χ0) is 13.1. The van der Waals surface area contributed by atoms with E-state index in [1.807, 2.05) is 0 Å². The number of nitrogens with one attached hydrogen (secondary N) is 1. The van der Waals surface area contributed by atoms with Crippen molar-refractivity contribution >= 4 is 0 Å². The van der Waals surface area contributed by atoms with Gasteiger partial charge in [-0.3, -0.25) is 4.90 Å². The van der Waals surface area contributed by atoms with Gasteiger partial charge < -0.3 is 5.32 Å². The van der Waals surface area contributed by atoms with Gasteiger partial charge in [0.05, 0.1) is 0 Å². The zero-order valence-electron chi connectivity index (χ0n) is 12.2. The zero-order valence-corrected chi connectivity index (χ0v) is 12.2.